The van der Waals surface area contributed by atoms with Gasteiger partial charge in [-0.15, -0.1) is 0 Å². The maximum atomic E-state index is 6.13. The molecule has 0 aromatic heterocycles. The van der Waals surface area contributed by atoms with Gasteiger partial charge in [0.2, 0.25) is 0 Å². The van der Waals surface area contributed by atoms with E-state index in [0.717, 1.165) is 31.9 Å². The highest BCUT2D eigenvalue weighted by atomic mass is 35.5. The van der Waals surface area contributed by atoms with Crippen LogP contribution >= 0.6 is 34.8 Å². The number of nitrogens with one attached hydrogen (secondary N) is 1. The van der Waals surface area contributed by atoms with Crippen LogP contribution in [0.25, 0.3) is 0 Å². The molecule has 1 aliphatic heterocycles. The summed E-state index contributed by atoms with van der Waals surface area (Å²) in [4.78, 5) is 2.21. The van der Waals surface area contributed by atoms with Gasteiger partial charge in [0.15, 0.2) is 0 Å². The van der Waals surface area contributed by atoms with Crippen LogP contribution in [0.5, 0.6) is 0 Å². The van der Waals surface area contributed by atoms with Crippen LogP contribution in [-0.2, 0) is 0 Å². The Bertz CT molecular complexity index is 362. The van der Waals surface area contributed by atoms with E-state index in [-0.39, 0.29) is 0 Å². The number of halogens is 3. The zero-order chi connectivity index (χ0) is 10.8. The van der Waals surface area contributed by atoms with Crippen LogP contribution in [0.2, 0.25) is 15.1 Å². The molecule has 82 valence electrons. The highest BCUT2D eigenvalue weighted by Crippen LogP contribution is 2.34. The van der Waals surface area contributed by atoms with Crippen LogP contribution in [0.3, 0.4) is 0 Å². The number of piperazine rings is 1. The van der Waals surface area contributed by atoms with E-state index in [9.17, 15) is 0 Å². The van der Waals surface area contributed by atoms with Gasteiger partial charge in [-0.1, -0.05) is 34.8 Å². The lowest BCUT2D eigenvalue weighted by Crippen LogP contribution is -2.43. The molecular formula is C10H11Cl3N2. The quantitative estimate of drug-likeness (QED) is 0.785. The largest absolute Gasteiger partial charge is 0.368 e. The van der Waals surface area contributed by atoms with Gasteiger partial charge < -0.3 is 10.2 Å². The summed E-state index contributed by atoms with van der Waals surface area (Å²) in [6, 6.07) is 3.53. The van der Waals surface area contributed by atoms with E-state index in [1.165, 1.54) is 0 Å². The molecule has 1 N–H and O–H groups in total. The molecule has 1 aliphatic rings. The van der Waals surface area contributed by atoms with E-state index in [1.54, 1.807) is 6.07 Å². The standard InChI is InChI=1S/C10H11Cl3N2/c11-7-5-9(13)10(6-8(7)12)15-3-1-14-2-4-15/h5-6,14H,1-4H2. The molecule has 0 aliphatic carbocycles. The smallest absolute Gasteiger partial charge is 0.0655 e. The normalized spacial score (nSPS) is 16.9. The van der Waals surface area contributed by atoms with Crippen molar-refractivity contribution in [2.45, 2.75) is 0 Å². The molecule has 1 fully saturated rings. The summed E-state index contributed by atoms with van der Waals surface area (Å²) in [5, 5.41) is 5.00. The number of benzene rings is 1. The second-order valence-electron chi connectivity index (χ2n) is 3.45. The van der Waals surface area contributed by atoms with Gasteiger partial charge in [-0.05, 0) is 12.1 Å². The Morgan fingerprint density at radius 2 is 1.53 bits per heavy atom. The van der Waals surface area contributed by atoms with Crippen molar-refractivity contribution in [3.63, 3.8) is 0 Å². The van der Waals surface area contributed by atoms with Crippen molar-refractivity contribution in [1.82, 2.24) is 5.32 Å². The van der Waals surface area contributed by atoms with E-state index in [2.05, 4.69) is 10.2 Å². The Morgan fingerprint density at radius 1 is 0.933 bits per heavy atom. The summed E-state index contributed by atoms with van der Waals surface area (Å²) >= 11 is 18.0. The molecule has 0 amide bonds. The lowest BCUT2D eigenvalue weighted by Gasteiger charge is -2.30. The fraction of sp³-hybridized carbons (Fsp3) is 0.400. The number of hydrogen-bond acceptors (Lipinski definition) is 2. The van der Waals surface area contributed by atoms with E-state index in [0.29, 0.717) is 15.1 Å². The number of hydrogen-bond donors (Lipinski definition) is 1. The van der Waals surface area contributed by atoms with E-state index in [4.69, 9.17) is 34.8 Å². The molecule has 5 heteroatoms. The van der Waals surface area contributed by atoms with Crippen LogP contribution in [0.15, 0.2) is 12.1 Å². The van der Waals surface area contributed by atoms with Gasteiger partial charge >= 0.3 is 0 Å². The molecule has 15 heavy (non-hydrogen) atoms. The molecule has 1 heterocycles. The highest BCUT2D eigenvalue weighted by molar-refractivity contribution is 6.44. The number of rotatable bonds is 1. The molecule has 1 saturated heterocycles. The summed E-state index contributed by atoms with van der Waals surface area (Å²) in [6.07, 6.45) is 0. The van der Waals surface area contributed by atoms with Crippen LogP contribution in [0.1, 0.15) is 0 Å². The first-order valence-electron chi connectivity index (χ1n) is 4.78. The van der Waals surface area contributed by atoms with Crippen molar-refractivity contribution >= 4 is 40.5 Å². The molecule has 0 bridgehead atoms. The van der Waals surface area contributed by atoms with E-state index in [1.807, 2.05) is 6.07 Å². The van der Waals surface area contributed by atoms with Crippen molar-refractivity contribution in [3.05, 3.63) is 27.2 Å². The summed E-state index contributed by atoms with van der Waals surface area (Å²) in [6.45, 7) is 3.82. The predicted octanol–water partition coefficient (Wildman–Crippen LogP) is 3.06. The minimum atomic E-state index is 0.501. The minimum absolute atomic E-state index is 0.501. The molecule has 0 radical (unpaired) electrons. The van der Waals surface area contributed by atoms with Gasteiger partial charge in [0, 0.05) is 26.2 Å². The van der Waals surface area contributed by atoms with Crippen LogP contribution in [0.4, 0.5) is 5.69 Å². The van der Waals surface area contributed by atoms with Gasteiger partial charge in [-0.3, -0.25) is 0 Å². The summed E-state index contributed by atoms with van der Waals surface area (Å²) in [5.74, 6) is 0. The predicted molar refractivity (Wildman–Crippen MR) is 66.6 cm³/mol. The molecule has 0 unspecified atom stereocenters. The molecule has 1 aromatic carbocycles. The summed E-state index contributed by atoms with van der Waals surface area (Å²) < 4.78 is 0. The average molecular weight is 266 g/mol. The monoisotopic (exact) mass is 264 g/mol. The van der Waals surface area contributed by atoms with E-state index >= 15 is 0 Å². The van der Waals surface area contributed by atoms with E-state index < -0.39 is 0 Å². The maximum Gasteiger partial charge on any atom is 0.0655 e. The summed E-state index contributed by atoms with van der Waals surface area (Å²) in [5.41, 5.74) is 0.965. The van der Waals surface area contributed by atoms with Crippen molar-refractivity contribution in [1.29, 1.82) is 0 Å². The average Bonchev–Trinajstić information content (AvgIpc) is 2.25. The van der Waals surface area contributed by atoms with Crippen LogP contribution in [0, 0.1) is 0 Å². The number of anilines is 1. The molecule has 0 spiro atoms. The SMILES string of the molecule is Clc1cc(Cl)c(N2CCNCC2)cc1Cl. The lowest BCUT2D eigenvalue weighted by atomic mass is 10.2. The third-order valence-corrected chi connectivity index (χ3v) is 3.47. The molecule has 0 atom stereocenters. The minimum Gasteiger partial charge on any atom is -0.368 e. The maximum absolute atomic E-state index is 6.13. The van der Waals surface area contributed by atoms with Gasteiger partial charge in [0.1, 0.15) is 0 Å². The van der Waals surface area contributed by atoms with Crippen molar-refractivity contribution in [2.75, 3.05) is 31.1 Å². The topological polar surface area (TPSA) is 15.3 Å². The van der Waals surface area contributed by atoms with Gasteiger partial charge in [0.05, 0.1) is 20.8 Å². The van der Waals surface area contributed by atoms with Gasteiger partial charge in [-0.2, -0.15) is 0 Å². The van der Waals surface area contributed by atoms with Crippen molar-refractivity contribution < 1.29 is 0 Å². The Balaban J connectivity index is 2.30. The second-order valence-corrected chi connectivity index (χ2v) is 4.68. The number of nitrogens with zero attached hydrogens (tertiary/aromatic N) is 1. The first-order valence-corrected chi connectivity index (χ1v) is 5.92. The van der Waals surface area contributed by atoms with Crippen LogP contribution in [-0.4, -0.2) is 26.2 Å². The zero-order valence-electron chi connectivity index (χ0n) is 8.06. The van der Waals surface area contributed by atoms with Gasteiger partial charge in [0.25, 0.3) is 0 Å². The fourth-order valence-electron chi connectivity index (χ4n) is 1.66. The van der Waals surface area contributed by atoms with Crippen molar-refractivity contribution in [2.24, 2.45) is 0 Å². The molecule has 0 saturated carbocycles. The molecule has 1 aromatic rings. The fourth-order valence-corrected chi connectivity index (χ4v) is 2.32. The second kappa shape index (κ2) is 4.79. The lowest BCUT2D eigenvalue weighted by molar-refractivity contribution is 0.589. The van der Waals surface area contributed by atoms with Gasteiger partial charge in [-0.25, -0.2) is 0 Å². The Morgan fingerprint density at radius 3 is 2.20 bits per heavy atom. The summed E-state index contributed by atoms with van der Waals surface area (Å²) in [7, 11) is 0. The Hall–Kier alpha value is -0.150. The third kappa shape index (κ3) is 2.51. The highest BCUT2D eigenvalue weighted by Gasteiger charge is 2.15. The first-order chi connectivity index (χ1) is 7.18. The first kappa shape index (κ1) is 11.3. The third-order valence-electron chi connectivity index (χ3n) is 2.45. The zero-order valence-corrected chi connectivity index (χ0v) is 10.3. The van der Waals surface area contributed by atoms with Crippen LogP contribution < -0.4 is 10.2 Å². The van der Waals surface area contributed by atoms with Crippen molar-refractivity contribution in [3.8, 4) is 0 Å². The molecule has 2 nitrogen and oxygen atoms in total. The molecule has 2 rings (SSSR count). The Kier molecular flexibility index (Phi) is 3.62. The molecular weight excluding hydrogens is 254 g/mol. The Labute approximate surface area is 104 Å².